The highest BCUT2D eigenvalue weighted by atomic mass is 14.9. The first-order valence-electron chi connectivity index (χ1n) is 5.40. The minimum Gasteiger partial charge on any atom is -0.234 e. The third-order valence-corrected chi connectivity index (χ3v) is 2.51. The lowest BCUT2D eigenvalue weighted by molar-refractivity contribution is 0.577. The van der Waals surface area contributed by atoms with Crippen LogP contribution >= 0.6 is 0 Å². The van der Waals surface area contributed by atoms with E-state index in [4.69, 9.17) is 0 Å². The second-order valence-corrected chi connectivity index (χ2v) is 4.07. The zero-order valence-electron chi connectivity index (χ0n) is 9.27. The van der Waals surface area contributed by atoms with Crippen LogP contribution in [0.1, 0.15) is 19.4 Å². The van der Waals surface area contributed by atoms with Crippen LogP contribution in [0.4, 0.5) is 0 Å². The molecule has 2 rings (SSSR count). The Morgan fingerprint density at radius 3 is 2.53 bits per heavy atom. The number of rotatable bonds is 3. The first kappa shape index (κ1) is 10.2. The maximum Gasteiger partial charge on any atom is 0.0393 e. The molecule has 0 unspecified atom stereocenters. The molecule has 1 nitrogen and oxygen atoms in total. The summed E-state index contributed by atoms with van der Waals surface area (Å²) in [5.41, 5.74) is 1.32. The molecular formula is C14H16N. The van der Waals surface area contributed by atoms with Gasteiger partial charge in [-0.25, -0.2) is 5.32 Å². The molecule has 0 heterocycles. The fourth-order valence-electron chi connectivity index (χ4n) is 1.71. The lowest BCUT2D eigenvalue weighted by Crippen LogP contribution is -2.13. The molecule has 2 aromatic carbocycles. The van der Waals surface area contributed by atoms with Gasteiger partial charge >= 0.3 is 0 Å². The van der Waals surface area contributed by atoms with Gasteiger partial charge in [0, 0.05) is 12.6 Å². The summed E-state index contributed by atoms with van der Waals surface area (Å²) in [4.78, 5) is 0. The summed E-state index contributed by atoms with van der Waals surface area (Å²) >= 11 is 0. The van der Waals surface area contributed by atoms with E-state index >= 15 is 0 Å². The molecule has 1 heteroatoms. The van der Waals surface area contributed by atoms with Crippen molar-refractivity contribution in [3.63, 3.8) is 0 Å². The van der Waals surface area contributed by atoms with Crippen LogP contribution in [0.3, 0.4) is 0 Å². The topological polar surface area (TPSA) is 14.1 Å². The van der Waals surface area contributed by atoms with Crippen LogP contribution in [0.5, 0.6) is 0 Å². The summed E-state index contributed by atoms with van der Waals surface area (Å²) < 4.78 is 0. The van der Waals surface area contributed by atoms with Crippen LogP contribution in [-0.4, -0.2) is 6.04 Å². The standard InChI is InChI=1S/C14H16N/c1-11(2)15-10-13-8-5-7-12-6-3-4-9-14(12)13/h3-9,11H,10H2,1-2H3. The van der Waals surface area contributed by atoms with E-state index in [0.29, 0.717) is 6.04 Å². The van der Waals surface area contributed by atoms with Crippen molar-refractivity contribution in [2.75, 3.05) is 0 Å². The molecule has 0 spiro atoms. The Bertz CT molecular complexity index is 441. The van der Waals surface area contributed by atoms with Gasteiger partial charge in [-0.1, -0.05) is 42.5 Å². The van der Waals surface area contributed by atoms with Gasteiger partial charge in [-0.15, -0.1) is 0 Å². The third-order valence-electron chi connectivity index (χ3n) is 2.51. The van der Waals surface area contributed by atoms with Crippen molar-refractivity contribution in [2.24, 2.45) is 0 Å². The van der Waals surface area contributed by atoms with Crippen LogP contribution in [0, 0.1) is 0 Å². The minimum absolute atomic E-state index is 0.406. The molecule has 0 aliphatic carbocycles. The molecule has 0 bridgehead atoms. The average Bonchev–Trinajstić information content (AvgIpc) is 2.26. The monoisotopic (exact) mass is 198 g/mol. The van der Waals surface area contributed by atoms with Crippen molar-refractivity contribution < 1.29 is 0 Å². The van der Waals surface area contributed by atoms with Crippen LogP contribution in [-0.2, 0) is 6.54 Å². The Balaban J connectivity index is 2.34. The lowest BCUT2D eigenvalue weighted by Gasteiger charge is -2.08. The molecule has 0 aliphatic rings. The Kier molecular flexibility index (Phi) is 3.02. The Labute approximate surface area is 91.1 Å². The van der Waals surface area contributed by atoms with E-state index in [0.717, 1.165) is 6.54 Å². The molecule has 15 heavy (non-hydrogen) atoms. The number of hydrogen-bond donors (Lipinski definition) is 0. The number of fused-ring (bicyclic) bond motifs is 1. The first-order chi connectivity index (χ1) is 7.27. The van der Waals surface area contributed by atoms with E-state index < -0.39 is 0 Å². The van der Waals surface area contributed by atoms with Crippen molar-refractivity contribution in [3.05, 3.63) is 48.0 Å². The van der Waals surface area contributed by atoms with E-state index in [9.17, 15) is 0 Å². The summed E-state index contributed by atoms with van der Waals surface area (Å²) in [6.07, 6.45) is 0. The molecule has 0 atom stereocenters. The van der Waals surface area contributed by atoms with Gasteiger partial charge < -0.3 is 0 Å². The predicted octanol–water partition coefficient (Wildman–Crippen LogP) is 3.35. The summed E-state index contributed by atoms with van der Waals surface area (Å²) in [5, 5.41) is 7.17. The quantitative estimate of drug-likeness (QED) is 0.718. The van der Waals surface area contributed by atoms with Gasteiger partial charge in [0.15, 0.2) is 0 Å². The number of benzene rings is 2. The van der Waals surface area contributed by atoms with Crippen molar-refractivity contribution >= 4 is 10.8 Å². The molecule has 0 aromatic heterocycles. The van der Waals surface area contributed by atoms with Crippen LogP contribution in [0.25, 0.3) is 10.8 Å². The zero-order valence-corrected chi connectivity index (χ0v) is 9.27. The van der Waals surface area contributed by atoms with E-state index in [1.54, 1.807) is 0 Å². The molecule has 0 saturated carbocycles. The van der Waals surface area contributed by atoms with Crippen LogP contribution < -0.4 is 5.32 Å². The van der Waals surface area contributed by atoms with Crippen LogP contribution in [0.15, 0.2) is 42.5 Å². The van der Waals surface area contributed by atoms with Gasteiger partial charge in [0.1, 0.15) is 0 Å². The van der Waals surface area contributed by atoms with Gasteiger partial charge in [0.05, 0.1) is 0 Å². The maximum absolute atomic E-state index is 4.54. The summed E-state index contributed by atoms with van der Waals surface area (Å²) in [5.74, 6) is 0. The molecule has 77 valence electrons. The molecule has 0 amide bonds. The molecule has 0 N–H and O–H groups in total. The fraction of sp³-hybridized carbons (Fsp3) is 0.286. The third kappa shape index (κ3) is 2.37. The van der Waals surface area contributed by atoms with Gasteiger partial charge in [-0.3, -0.25) is 0 Å². The molecule has 1 radical (unpaired) electrons. The van der Waals surface area contributed by atoms with E-state index in [1.807, 2.05) is 0 Å². The van der Waals surface area contributed by atoms with Crippen LogP contribution in [0.2, 0.25) is 0 Å². The highest BCUT2D eigenvalue weighted by Crippen LogP contribution is 2.18. The largest absolute Gasteiger partial charge is 0.234 e. The highest BCUT2D eigenvalue weighted by Gasteiger charge is 2.01. The zero-order chi connectivity index (χ0) is 10.7. The second kappa shape index (κ2) is 4.45. The van der Waals surface area contributed by atoms with Gasteiger partial charge in [0.2, 0.25) is 0 Å². The molecule has 0 aliphatic heterocycles. The summed E-state index contributed by atoms with van der Waals surface area (Å²) in [6, 6.07) is 15.3. The summed E-state index contributed by atoms with van der Waals surface area (Å²) in [6.45, 7) is 5.05. The van der Waals surface area contributed by atoms with E-state index in [-0.39, 0.29) is 0 Å². The molecule has 0 saturated heterocycles. The Morgan fingerprint density at radius 2 is 1.73 bits per heavy atom. The molecule has 2 aromatic rings. The van der Waals surface area contributed by atoms with Gasteiger partial charge in [0.25, 0.3) is 0 Å². The van der Waals surface area contributed by atoms with Crippen molar-refractivity contribution in [2.45, 2.75) is 26.4 Å². The van der Waals surface area contributed by atoms with Crippen molar-refractivity contribution in [3.8, 4) is 0 Å². The normalized spacial score (nSPS) is 11.1. The van der Waals surface area contributed by atoms with E-state index in [1.165, 1.54) is 16.3 Å². The Hall–Kier alpha value is -1.34. The minimum atomic E-state index is 0.406. The predicted molar refractivity (Wildman–Crippen MR) is 64.9 cm³/mol. The second-order valence-electron chi connectivity index (χ2n) is 4.07. The fourth-order valence-corrected chi connectivity index (χ4v) is 1.71. The molecule has 0 fully saturated rings. The first-order valence-corrected chi connectivity index (χ1v) is 5.40. The average molecular weight is 198 g/mol. The Morgan fingerprint density at radius 1 is 1.00 bits per heavy atom. The van der Waals surface area contributed by atoms with Crippen molar-refractivity contribution in [1.82, 2.24) is 5.32 Å². The highest BCUT2D eigenvalue weighted by molar-refractivity contribution is 5.85. The summed E-state index contributed by atoms with van der Waals surface area (Å²) in [7, 11) is 0. The SMILES string of the molecule is CC(C)[N]Cc1cccc2ccccc12. The lowest BCUT2D eigenvalue weighted by atomic mass is 10.0. The maximum atomic E-state index is 4.54. The van der Waals surface area contributed by atoms with Gasteiger partial charge in [-0.2, -0.15) is 0 Å². The number of hydrogen-bond acceptors (Lipinski definition) is 0. The number of nitrogens with zero attached hydrogens (tertiary/aromatic N) is 1. The molecular weight excluding hydrogens is 182 g/mol. The smallest absolute Gasteiger partial charge is 0.0393 e. The van der Waals surface area contributed by atoms with Crippen molar-refractivity contribution in [1.29, 1.82) is 0 Å². The van der Waals surface area contributed by atoms with E-state index in [2.05, 4.69) is 61.6 Å². The van der Waals surface area contributed by atoms with Gasteiger partial charge in [-0.05, 0) is 30.2 Å².